The minimum Gasteiger partial charge on any atom is -0.302 e. The summed E-state index contributed by atoms with van der Waals surface area (Å²) in [6, 6.07) is 9.88. The van der Waals surface area contributed by atoms with Gasteiger partial charge in [0.25, 0.3) is 11.6 Å². The number of nitro benzene ring substituents is 1. The van der Waals surface area contributed by atoms with Crippen LogP contribution in [0.2, 0.25) is 0 Å². The number of amides is 1. The molecule has 0 saturated carbocycles. The molecule has 0 saturated heterocycles. The highest BCUT2D eigenvalue weighted by Gasteiger charge is 2.22. The van der Waals surface area contributed by atoms with Gasteiger partial charge in [-0.15, -0.1) is 0 Å². The van der Waals surface area contributed by atoms with Gasteiger partial charge in [0.2, 0.25) is 0 Å². The molecule has 1 amide bonds. The molecule has 3 aromatic rings. The molecule has 0 atom stereocenters. The SMILES string of the molecule is CCN(CC)CCN(C(=O)c1ccc([N+](=O)[O-])cc1)c1nc2cc(C)c(C)cc2s1. The topological polar surface area (TPSA) is 79.6 Å². The van der Waals surface area contributed by atoms with Crippen LogP contribution in [0.1, 0.15) is 35.3 Å². The summed E-state index contributed by atoms with van der Waals surface area (Å²) in [7, 11) is 0. The number of thiazole rings is 1. The molecule has 0 spiro atoms. The van der Waals surface area contributed by atoms with Crippen LogP contribution in [0.15, 0.2) is 36.4 Å². The minimum atomic E-state index is -0.468. The Morgan fingerprint density at radius 3 is 2.30 bits per heavy atom. The molecule has 0 aliphatic carbocycles. The lowest BCUT2D eigenvalue weighted by atomic mass is 10.1. The first-order valence-electron chi connectivity index (χ1n) is 10.0. The Balaban J connectivity index is 1.97. The smallest absolute Gasteiger partial charge is 0.269 e. The van der Waals surface area contributed by atoms with E-state index in [9.17, 15) is 14.9 Å². The van der Waals surface area contributed by atoms with Crippen LogP contribution in [0.3, 0.4) is 0 Å². The van der Waals surface area contributed by atoms with Crippen LogP contribution < -0.4 is 4.90 Å². The standard InChI is InChI=1S/C22H26N4O3S/c1-5-24(6-2)11-12-25(21(27)17-7-9-18(10-8-17)26(28)29)22-23-19-13-15(3)16(4)14-20(19)30-22/h7-10,13-14H,5-6,11-12H2,1-4H3. The fourth-order valence-electron chi connectivity index (χ4n) is 3.23. The molecule has 30 heavy (non-hydrogen) atoms. The number of nitro groups is 1. The van der Waals surface area contributed by atoms with Crippen LogP contribution in [0.4, 0.5) is 10.8 Å². The van der Waals surface area contributed by atoms with Crippen molar-refractivity contribution in [2.75, 3.05) is 31.1 Å². The van der Waals surface area contributed by atoms with Crippen molar-refractivity contribution in [2.24, 2.45) is 0 Å². The van der Waals surface area contributed by atoms with E-state index >= 15 is 0 Å². The van der Waals surface area contributed by atoms with Crippen LogP contribution in [0.5, 0.6) is 0 Å². The molecule has 7 nitrogen and oxygen atoms in total. The Bertz CT molecular complexity index is 1020. The van der Waals surface area contributed by atoms with Crippen molar-refractivity contribution in [3.8, 4) is 0 Å². The maximum absolute atomic E-state index is 13.3. The van der Waals surface area contributed by atoms with Crippen molar-refractivity contribution in [3.05, 3.63) is 63.2 Å². The highest BCUT2D eigenvalue weighted by atomic mass is 32.1. The Hall–Kier alpha value is -2.84. The van der Waals surface area contributed by atoms with Gasteiger partial charge in [0.1, 0.15) is 0 Å². The van der Waals surface area contributed by atoms with Crippen LogP contribution >= 0.6 is 11.3 Å². The van der Waals surface area contributed by atoms with E-state index in [1.54, 1.807) is 4.90 Å². The normalized spacial score (nSPS) is 11.2. The lowest BCUT2D eigenvalue weighted by Crippen LogP contribution is -2.38. The van der Waals surface area contributed by atoms with E-state index in [1.165, 1.54) is 41.2 Å². The third-order valence-electron chi connectivity index (χ3n) is 5.33. The third-order valence-corrected chi connectivity index (χ3v) is 6.37. The first kappa shape index (κ1) is 21.9. The van der Waals surface area contributed by atoms with Gasteiger partial charge in [0.15, 0.2) is 5.13 Å². The first-order valence-corrected chi connectivity index (χ1v) is 10.8. The van der Waals surface area contributed by atoms with Crippen molar-refractivity contribution in [3.63, 3.8) is 0 Å². The maximum Gasteiger partial charge on any atom is 0.269 e. The molecule has 8 heteroatoms. The Kier molecular flexibility index (Phi) is 6.79. The lowest BCUT2D eigenvalue weighted by molar-refractivity contribution is -0.384. The number of hydrogen-bond donors (Lipinski definition) is 0. The number of likely N-dealkylation sites (N-methyl/N-ethyl adjacent to an activating group) is 1. The van der Waals surface area contributed by atoms with Gasteiger partial charge in [-0.05, 0) is 62.3 Å². The maximum atomic E-state index is 13.3. The van der Waals surface area contributed by atoms with E-state index in [0.717, 1.165) is 35.4 Å². The van der Waals surface area contributed by atoms with Crippen molar-refractivity contribution < 1.29 is 9.72 Å². The van der Waals surface area contributed by atoms with E-state index in [-0.39, 0.29) is 11.6 Å². The van der Waals surface area contributed by atoms with Gasteiger partial charge in [0, 0.05) is 30.8 Å². The van der Waals surface area contributed by atoms with Gasteiger partial charge in [-0.2, -0.15) is 0 Å². The zero-order valence-electron chi connectivity index (χ0n) is 17.7. The summed E-state index contributed by atoms with van der Waals surface area (Å²) in [5, 5.41) is 11.6. The number of rotatable bonds is 8. The molecule has 0 N–H and O–H groups in total. The van der Waals surface area contributed by atoms with E-state index in [4.69, 9.17) is 4.98 Å². The average Bonchev–Trinajstić information content (AvgIpc) is 3.13. The molecule has 0 fully saturated rings. The second-order valence-corrected chi connectivity index (χ2v) is 8.20. The molecular weight excluding hydrogens is 400 g/mol. The Morgan fingerprint density at radius 1 is 1.07 bits per heavy atom. The Labute approximate surface area is 180 Å². The number of aryl methyl sites for hydroxylation is 2. The largest absolute Gasteiger partial charge is 0.302 e. The molecule has 3 rings (SSSR count). The third kappa shape index (κ3) is 4.66. The summed E-state index contributed by atoms with van der Waals surface area (Å²) in [5.41, 5.74) is 3.60. The summed E-state index contributed by atoms with van der Waals surface area (Å²) >= 11 is 1.49. The number of aromatic nitrogens is 1. The number of nitrogens with zero attached hydrogens (tertiary/aromatic N) is 4. The van der Waals surface area contributed by atoms with E-state index < -0.39 is 4.92 Å². The van der Waals surface area contributed by atoms with Crippen LogP contribution in [-0.2, 0) is 0 Å². The number of carbonyl (C=O) groups excluding carboxylic acids is 1. The molecule has 2 aromatic carbocycles. The van der Waals surface area contributed by atoms with E-state index in [1.807, 2.05) is 13.0 Å². The predicted octanol–water partition coefficient (Wildman–Crippen LogP) is 4.81. The van der Waals surface area contributed by atoms with Gasteiger partial charge in [-0.3, -0.25) is 19.8 Å². The van der Waals surface area contributed by atoms with Crippen molar-refractivity contribution in [1.82, 2.24) is 9.88 Å². The van der Waals surface area contributed by atoms with E-state index in [0.29, 0.717) is 17.2 Å². The summed E-state index contributed by atoms with van der Waals surface area (Å²) in [4.78, 5) is 32.5. The molecule has 0 bridgehead atoms. The second-order valence-electron chi connectivity index (χ2n) is 7.19. The second kappa shape index (κ2) is 9.32. The van der Waals surface area contributed by atoms with Gasteiger partial charge < -0.3 is 4.90 Å². The number of carbonyl (C=O) groups is 1. The molecular formula is C22H26N4O3S. The summed E-state index contributed by atoms with van der Waals surface area (Å²) in [6.45, 7) is 11.3. The summed E-state index contributed by atoms with van der Waals surface area (Å²) in [6.07, 6.45) is 0. The highest BCUT2D eigenvalue weighted by Crippen LogP contribution is 2.31. The number of benzene rings is 2. The first-order chi connectivity index (χ1) is 14.3. The van der Waals surface area contributed by atoms with Crippen molar-refractivity contribution in [2.45, 2.75) is 27.7 Å². The van der Waals surface area contributed by atoms with Gasteiger partial charge in [-0.1, -0.05) is 25.2 Å². The minimum absolute atomic E-state index is 0.0350. The number of anilines is 1. The number of hydrogen-bond acceptors (Lipinski definition) is 6. The molecule has 0 unspecified atom stereocenters. The van der Waals surface area contributed by atoms with Gasteiger partial charge in [-0.25, -0.2) is 4.98 Å². The van der Waals surface area contributed by atoms with Gasteiger partial charge >= 0.3 is 0 Å². The summed E-state index contributed by atoms with van der Waals surface area (Å²) in [5.74, 6) is -0.204. The van der Waals surface area contributed by atoms with E-state index in [2.05, 4.69) is 31.7 Å². The average molecular weight is 427 g/mol. The fourth-order valence-corrected chi connectivity index (χ4v) is 4.30. The molecule has 1 aromatic heterocycles. The zero-order chi connectivity index (χ0) is 21.8. The van der Waals surface area contributed by atoms with Crippen molar-refractivity contribution >= 4 is 38.3 Å². The predicted molar refractivity (Wildman–Crippen MR) is 122 cm³/mol. The van der Waals surface area contributed by atoms with Crippen molar-refractivity contribution in [1.29, 1.82) is 0 Å². The highest BCUT2D eigenvalue weighted by molar-refractivity contribution is 7.22. The molecule has 0 aliphatic heterocycles. The molecule has 0 aliphatic rings. The quantitative estimate of drug-likeness (QED) is 0.381. The molecule has 0 radical (unpaired) electrons. The molecule has 1 heterocycles. The van der Waals surface area contributed by atoms with Gasteiger partial charge in [0.05, 0.1) is 15.1 Å². The monoisotopic (exact) mass is 426 g/mol. The van der Waals surface area contributed by atoms with Crippen LogP contribution in [0, 0.1) is 24.0 Å². The van der Waals surface area contributed by atoms with Crippen LogP contribution in [0.25, 0.3) is 10.2 Å². The lowest BCUT2D eigenvalue weighted by Gasteiger charge is -2.24. The zero-order valence-corrected chi connectivity index (χ0v) is 18.5. The Morgan fingerprint density at radius 2 is 1.70 bits per heavy atom. The molecule has 158 valence electrons. The number of fused-ring (bicyclic) bond motifs is 1. The van der Waals surface area contributed by atoms with Crippen LogP contribution in [-0.4, -0.2) is 46.9 Å². The summed E-state index contributed by atoms with van der Waals surface area (Å²) < 4.78 is 1.04. The number of non-ortho nitro benzene ring substituents is 1. The fraction of sp³-hybridized carbons (Fsp3) is 0.364.